The molecule has 1 aromatic heterocycles. The Morgan fingerprint density at radius 1 is 1.44 bits per heavy atom. The first-order valence-electron chi connectivity index (χ1n) is 6.50. The van der Waals surface area contributed by atoms with Gasteiger partial charge in [0.2, 0.25) is 0 Å². The molecule has 0 saturated heterocycles. The van der Waals surface area contributed by atoms with Crippen LogP contribution in [0.3, 0.4) is 0 Å². The van der Waals surface area contributed by atoms with Crippen molar-refractivity contribution in [1.82, 2.24) is 9.78 Å². The van der Waals surface area contributed by atoms with Gasteiger partial charge in [-0.3, -0.25) is 0 Å². The highest BCUT2D eigenvalue weighted by Gasteiger charge is 2.31. The van der Waals surface area contributed by atoms with Crippen LogP contribution in [0.4, 0.5) is 5.82 Å². The summed E-state index contributed by atoms with van der Waals surface area (Å²) in [5.74, 6) is 0.488. The maximum atomic E-state index is 9.94. The van der Waals surface area contributed by atoms with Gasteiger partial charge in [0.05, 0.1) is 17.8 Å². The van der Waals surface area contributed by atoms with E-state index < -0.39 is 0 Å². The monoisotopic (exact) mass is 271 g/mol. The van der Waals surface area contributed by atoms with Crippen LogP contribution >= 0.6 is 11.6 Å². The molecule has 3 N–H and O–H groups in total. The molecule has 102 valence electrons. The molecule has 2 rings (SSSR count). The molecule has 1 saturated carbocycles. The Hall–Kier alpha value is -0.740. The zero-order valence-corrected chi connectivity index (χ0v) is 12.0. The third-order valence-corrected chi connectivity index (χ3v) is 3.82. The molecule has 0 aromatic carbocycles. The molecule has 0 radical (unpaired) electrons. The van der Waals surface area contributed by atoms with E-state index in [9.17, 15) is 5.11 Å². The van der Waals surface area contributed by atoms with Crippen LogP contribution in [0.25, 0.3) is 0 Å². The summed E-state index contributed by atoms with van der Waals surface area (Å²) in [7, 11) is 0. The summed E-state index contributed by atoms with van der Waals surface area (Å²) in [6.45, 7) is 6.43. The maximum Gasteiger partial charge on any atom is 0.141 e. The number of anilines is 1. The van der Waals surface area contributed by atoms with Crippen molar-refractivity contribution >= 4 is 17.4 Å². The van der Waals surface area contributed by atoms with Gasteiger partial charge in [-0.2, -0.15) is 5.10 Å². The lowest BCUT2D eigenvalue weighted by molar-refractivity contribution is 0.131. The molecule has 1 fully saturated rings. The molecule has 1 heterocycles. The molecule has 1 aliphatic carbocycles. The molecule has 0 spiro atoms. The lowest BCUT2D eigenvalue weighted by atomic mass is 9.91. The summed E-state index contributed by atoms with van der Waals surface area (Å²) < 4.78 is 1.72. The van der Waals surface area contributed by atoms with Gasteiger partial charge < -0.3 is 10.8 Å². The summed E-state index contributed by atoms with van der Waals surface area (Å²) >= 11 is 6.26. The molecule has 18 heavy (non-hydrogen) atoms. The fourth-order valence-corrected chi connectivity index (χ4v) is 2.74. The molecule has 1 aromatic rings. The highest BCUT2D eigenvalue weighted by molar-refractivity contribution is 6.33. The van der Waals surface area contributed by atoms with Gasteiger partial charge in [0.25, 0.3) is 0 Å². The van der Waals surface area contributed by atoms with E-state index in [1.165, 1.54) is 0 Å². The number of nitrogens with zero attached hydrogens (tertiary/aromatic N) is 2. The van der Waals surface area contributed by atoms with Crippen molar-refractivity contribution in [1.29, 1.82) is 0 Å². The number of hydrogen-bond acceptors (Lipinski definition) is 3. The van der Waals surface area contributed by atoms with E-state index in [4.69, 9.17) is 17.3 Å². The first kappa shape index (κ1) is 13.7. The number of aromatic nitrogens is 2. The van der Waals surface area contributed by atoms with Gasteiger partial charge in [-0.1, -0.05) is 32.4 Å². The van der Waals surface area contributed by atoms with Crippen LogP contribution in [0.2, 0.25) is 5.02 Å². The SMILES string of the molecule is CC(C)(C)Cc1nn(C2CCCC2O)c(N)c1Cl. The first-order chi connectivity index (χ1) is 8.29. The number of aliphatic hydroxyl groups is 1. The number of rotatable bonds is 2. The lowest BCUT2D eigenvalue weighted by Gasteiger charge is -2.17. The minimum absolute atomic E-state index is 0.0174. The van der Waals surface area contributed by atoms with E-state index in [2.05, 4.69) is 25.9 Å². The number of nitrogen functional groups attached to an aromatic ring is 1. The third-order valence-electron chi connectivity index (χ3n) is 3.41. The van der Waals surface area contributed by atoms with Gasteiger partial charge in [-0.25, -0.2) is 4.68 Å². The maximum absolute atomic E-state index is 9.94. The average Bonchev–Trinajstić information content (AvgIpc) is 2.76. The second kappa shape index (κ2) is 4.74. The molecule has 1 aliphatic rings. The fraction of sp³-hybridized carbons (Fsp3) is 0.769. The Balaban J connectivity index is 2.30. The van der Waals surface area contributed by atoms with Crippen LogP contribution in [-0.2, 0) is 6.42 Å². The lowest BCUT2D eigenvalue weighted by Crippen LogP contribution is -2.21. The highest BCUT2D eigenvalue weighted by Crippen LogP contribution is 2.36. The number of nitrogens with two attached hydrogens (primary N) is 1. The molecule has 0 bridgehead atoms. The van der Waals surface area contributed by atoms with E-state index in [-0.39, 0.29) is 17.6 Å². The smallest absolute Gasteiger partial charge is 0.141 e. The Labute approximate surface area is 113 Å². The van der Waals surface area contributed by atoms with Crippen molar-refractivity contribution in [3.8, 4) is 0 Å². The Morgan fingerprint density at radius 3 is 2.61 bits per heavy atom. The normalized spacial score (nSPS) is 24.7. The Bertz CT molecular complexity index is 436. The minimum Gasteiger partial charge on any atom is -0.391 e. The molecular weight excluding hydrogens is 250 g/mol. The van der Waals surface area contributed by atoms with Crippen LogP contribution < -0.4 is 5.73 Å². The molecule has 4 nitrogen and oxygen atoms in total. The summed E-state index contributed by atoms with van der Waals surface area (Å²) in [4.78, 5) is 0. The second-order valence-corrected chi connectivity index (χ2v) is 6.77. The topological polar surface area (TPSA) is 64.1 Å². The van der Waals surface area contributed by atoms with Gasteiger partial charge >= 0.3 is 0 Å². The van der Waals surface area contributed by atoms with Crippen molar-refractivity contribution < 1.29 is 5.11 Å². The number of halogens is 1. The summed E-state index contributed by atoms with van der Waals surface area (Å²) in [5.41, 5.74) is 6.97. The Morgan fingerprint density at radius 2 is 2.11 bits per heavy atom. The van der Waals surface area contributed by atoms with Crippen LogP contribution in [0.1, 0.15) is 51.8 Å². The zero-order valence-electron chi connectivity index (χ0n) is 11.3. The zero-order chi connectivity index (χ0) is 13.5. The predicted molar refractivity (Wildman–Crippen MR) is 73.7 cm³/mol. The second-order valence-electron chi connectivity index (χ2n) is 6.39. The van der Waals surface area contributed by atoms with Crippen molar-refractivity contribution in [2.45, 2.75) is 58.6 Å². The van der Waals surface area contributed by atoms with Crippen LogP contribution in [0.15, 0.2) is 0 Å². The minimum atomic E-state index is -0.356. The molecule has 2 unspecified atom stereocenters. The van der Waals surface area contributed by atoms with E-state index in [1.807, 2.05) is 0 Å². The van der Waals surface area contributed by atoms with Crippen LogP contribution in [0, 0.1) is 5.41 Å². The fourth-order valence-electron chi connectivity index (χ4n) is 2.55. The van der Waals surface area contributed by atoms with Crippen LogP contribution in [0.5, 0.6) is 0 Å². The Kier molecular flexibility index (Phi) is 3.60. The highest BCUT2D eigenvalue weighted by atomic mass is 35.5. The summed E-state index contributed by atoms with van der Waals surface area (Å²) in [6, 6.07) is -0.0174. The predicted octanol–water partition coefficient (Wildman–Crippen LogP) is 2.79. The van der Waals surface area contributed by atoms with E-state index in [1.54, 1.807) is 4.68 Å². The van der Waals surface area contributed by atoms with Crippen LogP contribution in [-0.4, -0.2) is 21.0 Å². The van der Waals surface area contributed by atoms with E-state index >= 15 is 0 Å². The molecule has 5 heteroatoms. The summed E-state index contributed by atoms with van der Waals surface area (Å²) in [6.07, 6.45) is 3.17. The number of aliphatic hydroxyl groups excluding tert-OH is 1. The van der Waals surface area contributed by atoms with Gasteiger partial charge in [-0.15, -0.1) is 0 Å². The largest absolute Gasteiger partial charge is 0.391 e. The molecule has 0 aliphatic heterocycles. The third kappa shape index (κ3) is 2.64. The first-order valence-corrected chi connectivity index (χ1v) is 6.88. The standard InChI is InChI=1S/C13H22ClN3O/c1-13(2,3)7-8-11(14)12(15)17(16-8)9-5-4-6-10(9)18/h9-10,18H,4-7,15H2,1-3H3. The number of hydrogen-bond donors (Lipinski definition) is 2. The van der Waals surface area contributed by atoms with Crippen molar-refractivity contribution in [2.24, 2.45) is 5.41 Å². The van der Waals surface area contributed by atoms with Crippen molar-refractivity contribution in [3.05, 3.63) is 10.7 Å². The van der Waals surface area contributed by atoms with Gasteiger partial charge in [-0.05, 0) is 31.1 Å². The van der Waals surface area contributed by atoms with E-state index in [0.717, 1.165) is 31.4 Å². The molecular formula is C13H22ClN3O. The van der Waals surface area contributed by atoms with Crippen molar-refractivity contribution in [2.75, 3.05) is 5.73 Å². The molecule has 2 atom stereocenters. The average molecular weight is 272 g/mol. The van der Waals surface area contributed by atoms with Gasteiger partial charge in [0, 0.05) is 0 Å². The van der Waals surface area contributed by atoms with Crippen molar-refractivity contribution in [3.63, 3.8) is 0 Å². The molecule has 0 amide bonds. The van der Waals surface area contributed by atoms with E-state index in [0.29, 0.717) is 10.8 Å². The van der Waals surface area contributed by atoms with Gasteiger partial charge in [0.1, 0.15) is 10.8 Å². The summed E-state index contributed by atoms with van der Waals surface area (Å²) in [5, 5.41) is 15.0. The van der Waals surface area contributed by atoms with Gasteiger partial charge in [0.15, 0.2) is 0 Å². The quantitative estimate of drug-likeness (QED) is 0.869.